The van der Waals surface area contributed by atoms with Gasteiger partial charge in [-0.1, -0.05) is 30.3 Å². The molecule has 3 rings (SSSR count). The lowest BCUT2D eigenvalue weighted by atomic mass is 10.2. The largest absolute Gasteiger partial charge is 0.492 e. The average Bonchev–Trinajstić information content (AvgIpc) is 2.95. The van der Waals surface area contributed by atoms with Crippen molar-refractivity contribution >= 4 is 16.8 Å². The van der Waals surface area contributed by atoms with Crippen molar-refractivity contribution in [3.63, 3.8) is 0 Å². The van der Waals surface area contributed by atoms with Gasteiger partial charge in [-0.25, -0.2) is 0 Å². The predicted molar refractivity (Wildman–Crippen MR) is 87.3 cm³/mol. The number of ether oxygens (including phenoxy) is 1. The first-order chi connectivity index (χ1) is 10.7. The highest BCUT2D eigenvalue weighted by atomic mass is 16.5. The third-order valence-electron chi connectivity index (χ3n) is 3.42. The number of carbonyl (C=O) groups is 1. The van der Waals surface area contributed by atoms with E-state index in [0.717, 1.165) is 22.2 Å². The van der Waals surface area contributed by atoms with Crippen molar-refractivity contribution in [3.05, 3.63) is 65.9 Å². The van der Waals surface area contributed by atoms with Crippen LogP contribution in [0.5, 0.6) is 5.75 Å². The van der Waals surface area contributed by atoms with Gasteiger partial charge in [-0.2, -0.15) is 0 Å². The fourth-order valence-corrected chi connectivity index (χ4v) is 2.31. The number of aromatic nitrogens is 1. The molecule has 0 spiro atoms. The molecule has 3 aromatic rings. The number of para-hydroxylation sites is 1. The average molecular weight is 294 g/mol. The van der Waals surface area contributed by atoms with E-state index in [1.807, 2.05) is 61.5 Å². The Hall–Kier alpha value is -2.75. The second-order valence-corrected chi connectivity index (χ2v) is 5.19. The molecule has 2 aromatic carbocycles. The van der Waals surface area contributed by atoms with Crippen molar-refractivity contribution in [2.75, 3.05) is 13.2 Å². The van der Waals surface area contributed by atoms with Crippen LogP contribution in [0, 0.1) is 6.92 Å². The van der Waals surface area contributed by atoms with Crippen LogP contribution in [0.15, 0.2) is 54.6 Å². The first kappa shape index (κ1) is 14.2. The normalized spacial score (nSPS) is 10.6. The molecular formula is C18H18N2O2. The molecule has 0 aliphatic carbocycles. The van der Waals surface area contributed by atoms with Crippen molar-refractivity contribution < 1.29 is 9.53 Å². The summed E-state index contributed by atoms with van der Waals surface area (Å²) in [6.07, 6.45) is 0. The molecule has 0 atom stereocenters. The zero-order valence-corrected chi connectivity index (χ0v) is 12.4. The molecule has 0 fully saturated rings. The van der Waals surface area contributed by atoms with E-state index < -0.39 is 0 Å². The van der Waals surface area contributed by atoms with Crippen LogP contribution in [0.3, 0.4) is 0 Å². The Balaban J connectivity index is 1.54. The van der Waals surface area contributed by atoms with Gasteiger partial charge in [0.15, 0.2) is 0 Å². The van der Waals surface area contributed by atoms with E-state index in [9.17, 15) is 4.79 Å². The topological polar surface area (TPSA) is 54.1 Å². The third kappa shape index (κ3) is 3.28. The third-order valence-corrected chi connectivity index (χ3v) is 3.42. The number of nitrogens with one attached hydrogen (secondary N) is 2. The van der Waals surface area contributed by atoms with Gasteiger partial charge < -0.3 is 15.0 Å². The van der Waals surface area contributed by atoms with E-state index in [-0.39, 0.29) is 5.91 Å². The summed E-state index contributed by atoms with van der Waals surface area (Å²) >= 11 is 0. The van der Waals surface area contributed by atoms with Gasteiger partial charge in [0, 0.05) is 10.9 Å². The molecular weight excluding hydrogens is 276 g/mol. The van der Waals surface area contributed by atoms with E-state index in [4.69, 9.17) is 4.74 Å². The molecule has 0 radical (unpaired) electrons. The Bertz CT molecular complexity index is 778. The zero-order valence-electron chi connectivity index (χ0n) is 12.4. The van der Waals surface area contributed by atoms with Gasteiger partial charge in [0.2, 0.25) is 0 Å². The lowest BCUT2D eigenvalue weighted by molar-refractivity contribution is 0.0943. The smallest absolute Gasteiger partial charge is 0.267 e. The Morgan fingerprint density at radius 1 is 1.14 bits per heavy atom. The number of aromatic amines is 1. The number of fused-ring (bicyclic) bond motifs is 1. The molecule has 0 unspecified atom stereocenters. The molecule has 4 heteroatoms. The minimum Gasteiger partial charge on any atom is -0.492 e. The van der Waals surface area contributed by atoms with Gasteiger partial charge in [0.25, 0.3) is 5.91 Å². The Morgan fingerprint density at radius 2 is 1.95 bits per heavy atom. The lowest BCUT2D eigenvalue weighted by Gasteiger charge is -2.06. The molecule has 4 nitrogen and oxygen atoms in total. The van der Waals surface area contributed by atoms with Crippen LogP contribution in [0.4, 0.5) is 0 Å². The molecule has 2 N–H and O–H groups in total. The van der Waals surface area contributed by atoms with Gasteiger partial charge in [-0.15, -0.1) is 0 Å². The highest BCUT2D eigenvalue weighted by molar-refractivity contribution is 5.98. The predicted octanol–water partition coefficient (Wildman–Crippen LogP) is 3.29. The number of hydrogen-bond acceptors (Lipinski definition) is 2. The number of amides is 1. The summed E-state index contributed by atoms with van der Waals surface area (Å²) < 4.78 is 5.54. The molecule has 22 heavy (non-hydrogen) atoms. The van der Waals surface area contributed by atoms with E-state index in [1.54, 1.807) is 0 Å². The molecule has 0 saturated carbocycles. The molecule has 0 aliphatic heterocycles. The molecule has 112 valence electrons. The summed E-state index contributed by atoms with van der Waals surface area (Å²) in [6, 6.07) is 17.5. The van der Waals surface area contributed by atoms with Crippen LogP contribution < -0.4 is 10.1 Å². The molecule has 0 aliphatic rings. The number of benzene rings is 2. The minimum atomic E-state index is -0.120. The molecule has 1 heterocycles. The summed E-state index contributed by atoms with van der Waals surface area (Å²) in [5.41, 5.74) is 2.71. The van der Waals surface area contributed by atoms with Gasteiger partial charge in [0.05, 0.1) is 6.54 Å². The highest BCUT2D eigenvalue weighted by Gasteiger charge is 2.08. The van der Waals surface area contributed by atoms with Crippen molar-refractivity contribution in [2.24, 2.45) is 0 Å². The van der Waals surface area contributed by atoms with Crippen molar-refractivity contribution in [3.8, 4) is 5.75 Å². The second-order valence-electron chi connectivity index (χ2n) is 5.19. The zero-order chi connectivity index (χ0) is 15.4. The van der Waals surface area contributed by atoms with E-state index in [0.29, 0.717) is 18.8 Å². The Kier molecular flexibility index (Phi) is 4.10. The first-order valence-corrected chi connectivity index (χ1v) is 7.28. The molecule has 1 aromatic heterocycles. The standard InChI is InChI=1S/C18H18N2O2/c1-13-7-8-14-12-17(20-16(14)11-13)18(21)19-9-10-22-15-5-3-2-4-6-15/h2-8,11-12,20H,9-10H2,1H3,(H,19,21). The molecule has 0 saturated heterocycles. The fourth-order valence-electron chi connectivity index (χ4n) is 2.31. The van der Waals surface area contributed by atoms with Gasteiger partial charge in [-0.05, 0) is 36.8 Å². The van der Waals surface area contributed by atoms with E-state index in [2.05, 4.69) is 10.3 Å². The van der Waals surface area contributed by atoms with Crippen LogP contribution in [-0.2, 0) is 0 Å². The first-order valence-electron chi connectivity index (χ1n) is 7.28. The van der Waals surface area contributed by atoms with E-state index in [1.165, 1.54) is 0 Å². The minimum absolute atomic E-state index is 0.120. The maximum Gasteiger partial charge on any atom is 0.267 e. The quantitative estimate of drug-likeness (QED) is 0.709. The van der Waals surface area contributed by atoms with Crippen LogP contribution in [-0.4, -0.2) is 24.0 Å². The Labute approximate surface area is 129 Å². The number of H-pyrrole nitrogens is 1. The maximum atomic E-state index is 12.1. The fraction of sp³-hybridized carbons (Fsp3) is 0.167. The Morgan fingerprint density at radius 3 is 2.77 bits per heavy atom. The van der Waals surface area contributed by atoms with Crippen LogP contribution in [0.1, 0.15) is 16.1 Å². The lowest BCUT2D eigenvalue weighted by Crippen LogP contribution is -2.28. The van der Waals surface area contributed by atoms with Gasteiger partial charge in [-0.3, -0.25) is 4.79 Å². The van der Waals surface area contributed by atoms with E-state index >= 15 is 0 Å². The number of hydrogen-bond donors (Lipinski definition) is 2. The van der Waals surface area contributed by atoms with Gasteiger partial charge in [0.1, 0.15) is 18.1 Å². The van der Waals surface area contributed by atoms with Crippen LogP contribution in [0.2, 0.25) is 0 Å². The SMILES string of the molecule is Cc1ccc2cc(C(=O)NCCOc3ccccc3)[nH]c2c1. The summed E-state index contributed by atoms with van der Waals surface area (Å²) in [5, 5.41) is 3.89. The second kappa shape index (κ2) is 6.35. The summed E-state index contributed by atoms with van der Waals surface area (Å²) in [7, 11) is 0. The van der Waals surface area contributed by atoms with Crippen LogP contribution in [0.25, 0.3) is 10.9 Å². The molecule has 0 bridgehead atoms. The van der Waals surface area contributed by atoms with Crippen molar-refractivity contribution in [1.82, 2.24) is 10.3 Å². The number of aryl methyl sites for hydroxylation is 1. The maximum absolute atomic E-state index is 12.1. The molecule has 1 amide bonds. The summed E-state index contributed by atoms with van der Waals surface area (Å²) in [5.74, 6) is 0.684. The van der Waals surface area contributed by atoms with Gasteiger partial charge >= 0.3 is 0 Å². The van der Waals surface area contributed by atoms with Crippen LogP contribution >= 0.6 is 0 Å². The van der Waals surface area contributed by atoms with Crippen molar-refractivity contribution in [1.29, 1.82) is 0 Å². The highest BCUT2D eigenvalue weighted by Crippen LogP contribution is 2.16. The summed E-state index contributed by atoms with van der Waals surface area (Å²) in [6.45, 7) is 2.93. The number of rotatable bonds is 5. The monoisotopic (exact) mass is 294 g/mol. The van der Waals surface area contributed by atoms with Crippen molar-refractivity contribution in [2.45, 2.75) is 6.92 Å². The summed E-state index contributed by atoms with van der Waals surface area (Å²) in [4.78, 5) is 15.3. The number of carbonyl (C=O) groups excluding carboxylic acids is 1.